The van der Waals surface area contributed by atoms with Crippen LogP contribution in [0.15, 0.2) is 5.11 Å². The Balaban J connectivity index is 2.23. The number of nitrogens with zero attached hydrogens (tertiary/aromatic N) is 3. The van der Waals surface area contributed by atoms with Gasteiger partial charge in [0.15, 0.2) is 12.1 Å². The van der Waals surface area contributed by atoms with Gasteiger partial charge >= 0.3 is 0 Å². The Morgan fingerprint density at radius 3 is 3.00 bits per heavy atom. The average molecular weight is 215 g/mol. The smallest absolute Gasteiger partial charge is 0.184 e. The molecule has 0 aromatic heterocycles. The zero-order valence-corrected chi connectivity index (χ0v) is 8.58. The predicted octanol–water partition coefficient (Wildman–Crippen LogP) is 0.536. The van der Waals surface area contributed by atoms with E-state index >= 15 is 0 Å². The molecule has 2 fully saturated rings. The van der Waals surface area contributed by atoms with Crippen molar-refractivity contribution < 1.29 is 19.3 Å². The van der Waals surface area contributed by atoms with Crippen LogP contribution in [0, 0.1) is 0 Å². The van der Waals surface area contributed by atoms with Crippen LogP contribution in [0.25, 0.3) is 10.4 Å². The molecule has 2 rings (SSSR count). The van der Waals surface area contributed by atoms with Crippen LogP contribution in [0.2, 0.25) is 0 Å². The van der Waals surface area contributed by atoms with Gasteiger partial charge in [-0.3, -0.25) is 0 Å². The number of hydrogen-bond donors (Lipinski definition) is 1. The van der Waals surface area contributed by atoms with Crippen LogP contribution in [-0.4, -0.2) is 42.0 Å². The van der Waals surface area contributed by atoms with Crippen molar-refractivity contribution in [2.24, 2.45) is 5.11 Å². The maximum absolute atomic E-state index is 9.53. The molecule has 1 unspecified atom stereocenters. The van der Waals surface area contributed by atoms with E-state index in [1.807, 2.05) is 0 Å². The lowest BCUT2D eigenvalue weighted by Crippen LogP contribution is -2.44. The van der Waals surface area contributed by atoms with Crippen LogP contribution < -0.4 is 0 Å². The summed E-state index contributed by atoms with van der Waals surface area (Å²) in [7, 11) is 0. The maximum atomic E-state index is 9.53. The molecule has 0 bridgehead atoms. The van der Waals surface area contributed by atoms with Crippen molar-refractivity contribution in [3.05, 3.63) is 10.4 Å². The first-order valence-corrected chi connectivity index (χ1v) is 4.68. The average Bonchev–Trinajstić information content (AvgIpc) is 2.58. The molecule has 2 saturated heterocycles. The summed E-state index contributed by atoms with van der Waals surface area (Å²) in [5, 5.41) is 13.0. The number of aliphatic hydroxyl groups is 1. The van der Waals surface area contributed by atoms with E-state index < -0.39 is 23.8 Å². The molecule has 7 nitrogen and oxygen atoms in total. The minimum absolute atomic E-state index is 0.0919. The largest absolute Gasteiger partial charge is 0.366 e. The Hall–Kier alpha value is -0.850. The number of aliphatic hydroxyl groups excluding tert-OH is 1. The quantitative estimate of drug-likeness (QED) is 0.413. The Morgan fingerprint density at radius 1 is 1.60 bits per heavy atom. The van der Waals surface area contributed by atoms with Crippen molar-refractivity contribution in [2.75, 3.05) is 13.2 Å². The molecule has 1 N–H and O–H groups in total. The predicted molar refractivity (Wildman–Crippen MR) is 48.7 cm³/mol. The third-order valence-electron chi connectivity index (χ3n) is 2.54. The van der Waals surface area contributed by atoms with Crippen molar-refractivity contribution in [3.8, 4) is 0 Å². The summed E-state index contributed by atoms with van der Waals surface area (Å²) in [5.41, 5.74) is 7.45. The highest BCUT2D eigenvalue weighted by molar-refractivity contribution is 5.03. The number of azide groups is 1. The first-order chi connectivity index (χ1) is 6.99. The molecular weight excluding hydrogens is 202 g/mol. The molecule has 7 heteroatoms. The van der Waals surface area contributed by atoms with Crippen LogP contribution in [0.3, 0.4) is 0 Å². The van der Waals surface area contributed by atoms with Gasteiger partial charge in [-0.05, 0) is 19.4 Å². The summed E-state index contributed by atoms with van der Waals surface area (Å²) in [6.45, 7) is 3.75. The highest BCUT2D eigenvalue weighted by atomic mass is 16.8. The fourth-order valence-electron chi connectivity index (χ4n) is 2.05. The molecule has 2 heterocycles. The van der Waals surface area contributed by atoms with Crippen LogP contribution >= 0.6 is 0 Å². The summed E-state index contributed by atoms with van der Waals surface area (Å²) in [5.74, 6) is -0.791. The molecule has 0 spiro atoms. The standard InChI is InChI=1S/C8H13N3O4/c1-7(2)14-5-6(12)13-4-8(5,15-7)3-10-11-9/h5-6,12H,3-4H2,1-2H3/t5-,6?,8+/m0/s1. The van der Waals surface area contributed by atoms with Gasteiger partial charge in [0.25, 0.3) is 0 Å². The zero-order valence-electron chi connectivity index (χ0n) is 8.58. The molecule has 0 aliphatic carbocycles. The lowest BCUT2D eigenvalue weighted by Gasteiger charge is -2.24. The van der Waals surface area contributed by atoms with Gasteiger partial charge in [-0.25, -0.2) is 0 Å². The van der Waals surface area contributed by atoms with E-state index in [1.165, 1.54) is 0 Å². The van der Waals surface area contributed by atoms with Crippen molar-refractivity contribution in [2.45, 2.75) is 37.6 Å². The van der Waals surface area contributed by atoms with E-state index in [0.717, 1.165) is 0 Å². The molecule has 0 amide bonds. The van der Waals surface area contributed by atoms with Gasteiger partial charge in [-0.2, -0.15) is 0 Å². The third kappa shape index (κ3) is 1.68. The second-order valence-electron chi connectivity index (χ2n) is 4.20. The van der Waals surface area contributed by atoms with Crippen LogP contribution in [0.4, 0.5) is 0 Å². The summed E-state index contributed by atoms with van der Waals surface area (Å²) < 4.78 is 16.2. The minimum Gasteiger partial charge on any atom is -0.366 e. The topological polar surface area (TPSA) is 96.7 Å². The van der Waals surface area contributed by atoms with Gasteiger partial charge in [0.2, 0.25) is 0 Å². The van der Waals surface area contributed by atoms with E-state index in [1.54, 1.807) is 13.8 Å². The molecule has 0 aromatic rings. The van der Waals surface area contributed by atoms with E-state index in [0.29, 0.717) is 0 Å². The molecule has 2 aliphatic rings. The molecule has 15 heavy (non-hydrogen) atoms. The number of fused-ring (bicyclic) bond motifs is 1. The molecular formula is C8H13N3O4. The second kappa shape index (κ2) is 3.33. The Kier molecular flexibility index (Phi) is 2.37. The summed E-state index contributed by atoms with van der Waals surface area (Å²) in [6, 6.07) is 0. The van der Waals surface area contributed by atoms with E-state index in [2.05, 4.69) is 10.0 Å². The Labute approximate surface area is 86.6 Å². The van der Waals surface area contributed by atoms with Gasteiger partial charge in [0.1, 0.15) is 11.7 Å². The summed E-state index contributed by atoms with van der Waals surface area (Å²) in [4.78, 5) is 2.68. The maximum Gasteiger partial charge on any atom is 0.184 e. The fraction of sp³-hybridized carbons (Fsp3) is 1.00. The van der Waals surface area contributed by atoms with Gasteiger partial charge in [0.05, 0.1) is 13.2 Å². The normalized spacial score (nSPS) is 42.3. The lowest BCUT2D eigenvalue weighted by molar-refractivity contribution is -0.212. The van der Waals surface area contributed by atoms with Crippen molar-refractivity contribution in [1.82, 2.24) is 0 Å². The molecule has 3 atom stereocenters. The SMILES string of the molecule is CC1(C)O[C@H]2C(O)OC[C@@]2(CN=[N+]=[N-])O1. The monoisotopic (exact) mass is 215 g/mol. The Morgan fingerprint density at radius 2 is 2.33 bits per heavy atom. The van der Waals surface area contributed by atoms with Gasteiger partial charge in [-0.1, -0.05) is 5.11 Å². The molecule has 0 radical (unpaired) electrons. The number of hydrogen-bond acceptors (Lipinski definition) is 5. The van der Waals surface area contributed by atoms with Crippen LogP contribution in [0.5, 0.6) is 0 Å². The summed E-state index contributed by atoms with van der Waals surface area (Å²) in [6.07, 6.45) is -1.63. The van der Waals surface area contributed by atoms with E-state index in [9.17, 15) is 5.11 Å². The number of ether oxygens (including phenoxy) is 3. The Bertz CT molecular complexity index is 315. The first kappa shape index (κ1) is 10.7. The van der Waals surface area contributed by atoms with Crippen molar-refractivity contribution >= 4 is 0 Å². The van der Waals surface area contributed by atoms with E-state index in [4.69, 9.17) is 19.7 Å². The van der Waals surface area contributed by atoms with Crippen LogP contribution in [0.1, 0.15) is 13.8 Å². The fourth-order valence-corrected chi connectivity index (χ4v) is 2.05. The first-order valence-electron chi connectivity index (χ1n) is 4.68. The molecule has 0 saturated carbocycles. The van der Waals surface area contributed by atoms with Crippen molar-refractivity contribution in [3.63, 3.8) is 0 Å². The molecule has 84 valence electrons. The third-order valence-corrected chi connectivity index (χ3v) is 2.54. The lowest BCUT2D eigenvalue weighted by atomic mass is 10.0. The molecule has 0 aromatic carbocycles. The highest BCUT2D eigenvalue weighted by Gasteiger charge is 2.60. The van der Waals surface area contributed by atoms with Crippen LogP contribution in [-0.2, 0) is 14.2 Å². The van der Waals surface area contributed by atoms with E-state index in [-0.39, 0.29) is 13.2 Å². The minimum atomic E-state index is -1.03. The zero-order chi connectivity index (χ0) is 11.1. The van der Waals surface area contributed by atoms with Gasteiger partial charge < -0.3 is 19.3 Å². The van der Waals surface area contributed by atoms with Crippen molar-refractivity contribution in [1.29, 1.82) is 0 Å². The number of rotatable bonds is 2. The highest BCUT2D eigenvalue weighted by Crippen LogP contribution is 2.42. The van der Waals surface area contributed by atoms with Gasteiger partial charge in [-0.15, -0.1) is 0 Å². The van der Waals surface area contributed by atoms with Gasteiger partial charge in [0, 0.05) is 4.91 Å². The second-order valence-corrected chi connectivity index (χ2v) is 4.20. The molecule has 2 aliphatic heterocycles. The summed E-state index contributed by atoms with van der Waals surface area (Å²) >= 11 is 0.